The molecule has 1 aliphatic rings. The van der Waals surface area contributed by atoms with Gasteiger partial charge in [-0.1, -0.05) is 6.92 Å². The molecule has 154 valence electrons. The van der Waals surface area contributed by atoms with Crippen LogP contribution in [0.25, 0.3) is 0 Å². The van der Waals surface area contributed by atoms with Gasteiger partial charge in [-0.15, -0.1) is 0 Å². The standard InChI is InChI=1S/C23H22FN3O3/c1-4-23(2,3)27(21(29)16-7-9-17(24)10-8-16)19-13-20(28)26(22(19)30)18-11-5-15(14-25)6-12-18/h5-12,19H,4,13H2,1-3H3. The molecule has 1 fully saturated rings. The van der Waals surface area contributed by atoms with Crippen molar-refractivity contribution in [2.45, 2.75) is 45.2 Å². The molecule has 2 aromatic carbocycles. The van der Waals surface area contributed by atoms with E-state index in [0.717, 1.165) is 4.90 Å². The number of hydrogen-bond donors (Lipinski definition) is 0. The van der Waals surface area contributed by atoms with Crippen molar-refractivity contribution in [1.82, 2.24) is 4.90 Å². The highest BCUT2D eigenvalue weighted by molar-refractivity contribution is 6.23. The molecule has 0 N–H and O–H groups in total. The number of carbonyl (C=O) groups is 3. The van der Waals surface area contributed by atoms with Crippen molar-refractivity contribution in [3.8, 4) is 6.07 Å². The molecule has 30 heavy (non-hydrogen) atoms. The van der Waals surface area contributed by atoms with Gasteiger partial charge in [0.05, 0.1) is 23.7 Å². The summed E-state index contributed by atoms with van der Waals surface area (Å²) in [5.74, 6) is -1.82. The smallest absolute Gasteiger partial charge is 0.257 e. The van der Waals surface area contributed by atoms with E-state index in [1.165, 1.54) is 53.4 Å². The van der Waals surface area contributed by atoms with Crippen molar-refractivity contribution >= 4 is 23.4 Å². The van der Waals surface area contributed by atoms with Crippen molar-refractivity contribution in [3.63, 3.8) is 0 Å². The van der Waals surface area contributed by atoms with Crippen LogP contribution >= 0.6 is 0 Å². The van der Waals surface area contributed by atoms with E-state index in [-0.39, 0.29) is 12.0 Å². The molecule has 3 amide bonds. The first kappa shape index (κ1) is 21.2. The SMILES string of the molecule is CCC(C)(C)N(C(=O)c1ccc(F)cc1)C1CC(=O)N(c2ccc(C#N)cc2)C1=O. The zero-order valence-electron chi connectivity index (χ0n) is 17.1. The Bertz CT molecular complexity index is 1020. The number of imide groups is 1. The lowest BCUT2D eigenvalue weighted by Gasteiger charge is -2.41. The average Bonchev–Trinajstić information content (AvgIpc) is 3.02. The van der Waals surface area contributed by atoms with Crippen molar-refractivity contribution in [1.29, 1.82) is 5.26 Å². The normalized spacial score (nSPS) is 16.5. The molecule has 3 rings (SSSR count). The predicted molar refractivity (Wildman–Crippen MR) is 109 cm³/mol. The molecule has 0 radical (unpaired) electrons. The van der Waals surface area contributed by atoms with Gasteiger partial charge in [0, 0.05) is 11.1 Å². The summed E-state index contributed by atoms with van der Waals surface area (Å²) in [7, 11) is 0. The van der Waals surface area contributed by atoms with Gasteiger partial charge >= 0.3 is 0 Å². The number of carbonyl (C=O) groups excluding carboxylic acids is 3. The second-order valence-corrected chi connectivity index (χ2v) is 7.79. The first-order valence-electron chi connectivity index (χ1n) is 9.66. The van der Waals surface area contributed by atoms with Gasteiger partial charge in [0.2, 0.25) is 5.91 Å². The summed E-state index contributed by atoms with van der Waals surface area (Å²) in [5, 5.41) is 8.95. The number of hydrogen-bond acceptors (Lipinski definition) is 4. The van der Waals surface area contributed by atoms with E-state index in [4.69, 9.17) is 5.26 Å². The first-order valence-corrected chi connectivity index (χ1v) is 9.66. The summed E-state index contributed by atoms with van der Waals surface area (Å²) in [6, 6.07) is 12.3. The van der Waals surface area contributed by atoms with Gasteiger partial charge in [-0.25, -0.2) is 9.29 Å². The number of amides is 3. The van der Waals surface area contributed by atoms with Gasteiger partial charge in [-0.2, -0.15) is 5.26 Å². The van der Waals surface area contributed by atoms with Crippen molar-refractivity contribution in [3.05, 3.63) is 65.5 Å². The molecule has 1 unspecified atom stereocenters. The average molecular weight is 407 g/mol. The van der Waals surface area contributed by atoms with E-state index in [9.17, 15) is 18.8 Å². The highest BCUT2D eigenvalue weighted by Crippen LogP contribution is 2.32. The lowest BCUT2D eigenvalue weighted by atomic mass is 9.94. The Morgan fingerprint density at radius 2 is 1.77 bits per heavy atom. The highest BCUT2D eigenvalue weighted by atomic mass is 19.1. The maximum atomic E-state index is 13.3. The summed E-state index contributed by atoms with van der Waals surface area (Å²) in [6.45, 7) is 5.55. The molecule has 6 nitrogen and oxygen atoms in total. The quantitative estimate of drug-likeness (QED) is 0.709. The summed E-state index contributed by atoms with van der Waals surface area (Å²) in [6.07, 6.45) is 0.407. The van der Waals surface area contributed by atoms with E-state index in [0.29, 0.717) is 17.7 Å². The third-order valence-corrected chi connectivity index (χ3v) is 5.52. The Morgan fingerprint density at radius 3 is 2.30 bits per heavy atom. The molecule has 1 saturated heterocycles. The number of nitriles is 1. The van der Waals surface area contributed by atoms with E-state index in [1.54, 1.807) is 0 Å². The molecule has 0 spiro atoms. The van der Waals surface area contributed by atoms with E-state index < -0.39 is 35.1 Å². The Kier molecular flexibility index (Phi) is 5.70. The van der Waals surface area contributed by atoms with Gasteiger partial charge < -0.3 is 4.90 Å². The molecule has 0 aliphatic carbocycles. The fraction of sp³-hybridized carbons (Fsp3) is 0.304. The second-order valence-electron chi connectivity index (χ2n) is 7.79. The number of anilines is 1. The summed E-state index contributed by atoms with van der Waals surface area (Å²) < 4.78 is 13.3. The maximum Gasteiger partial charge on any atom is 0.257 e. The molecule has 0 aromatic heterocycles. The molecule has 7 heteroatoms. The summed E-state index contributed by atoms with van der Waals surface area (Å²) in [4.78, 5) is 41.8. The zero-order valence-corrected chi connectivity index (χ0v) is 17.1. The number of halogens is 1. The van der Waals surface area contributed by atoms with Crippen LogP contribution < -0.4 is 4.90 Å². The fourth-order valence-corrected chi connectivity index (χ4v) is 3.51. The largest absolute Gasteiger partial charge is 0.321 e. The van der Waals surface area contributed by atoms with Crippen LogP contribution in [0.4, 0.5) is 10.1 Å². The molecule has 0 saturated carbocycles. The molecule has 0 bridgehead atoms. The lowest BCUT2D eigenvalue weighted by molar-refractivity contribution is -0.123. The molecular weight excluding hydrogens is 385 g/mol. The number of nitrogens with zero attached hydrogens (tertiary/aromatic N) is 3. The Morgan fingerprint density at radius 1 is 1.17 bits per heavy atom. The van der Waals surface area contributed by atoms with E-state index in [2.05, 4.69) is 0 Å². The fourth-order valence-electron chi connectivity index (χ4n) is 3.51. The third kappa shape index (κ3) is 3.81. The van der Waals surface area contributed by atoms with Gasteiger partial charge in [0.25, 0.3) is 11.8 Å². The van der Waals surface area contributed by atoms with Crippen LogP contribution in [0.5, 0.6) is 0 Å². The van der Waals surface area contributed by atoms with Crippen LogP contribution in [0.3, 0.4) is 0 Å². The minimum atomic E-state index is -0.972. The summed E-state index contributed by atoms with van der Waals surface area (Å²) in [5.41, 5.74) is 0.298. The second kappa shape index (κ2) is 8.07. The van der Waals surface area contributed by atoms with Crippen molar-refractivity contribution in [2.24, 2.45) is 0 Å². The topological polar surface area (TPSA) is 81.5 Å². The van der Waals surface area contributed by atoms with Crippen LogP contribution in [-0.4, -0.2) is 34.2 Å². The van der Waals surface area contributed by atoms with E-state index >= 15 is 0 Å². The summed E-state index contributed by atoms with van der Waals surface area (Å²) >= 11 is 0. The minimum absolute atomic E-state index is 0.144. The van der Waals surface area contributed by atoms with Gasteiger partial charge in [0.15, 0.2) is 0 Å². The molecule has 1 heterocycles. The maximum absolute atomic E-state index is 13.3. The number of benzene rings is 2. The Labute approximate surface area is 174 Å². The molecular formula is C23H22FN3O3. The van der Waals surface area contributed by atoms with Crippen LogP contribution in [0, 0.1) is 17.1 Å². The predicted octanol–water partition coefficient (Wildman–Crippen LogP) is 3.66. The molecule has 2 aromatic rings. The van der Waals surface area contributed by atoms with Crippen molar-refractivity contribution in [2.75, 3.05) is 4.90 Å². The van der Waals surface area contributed by atoms with Gasteiger partial charge in [-0.3, -0.25) is 14.4 Å². The lowest BCUT2D eigenvalue weighted by Crippen LogP contribution is -2.55. The Hall–Kier alpha value is -3.53. The van der Waals surface area contributed by atoms with Crippen molar-refractivity contribution < 1.29 is 18.8 Å². The van der Waals surface area contributed by atoms with Gasteiger partial charge in [0.1, 0.15) is 11.9 Å². The van der Waals surface area contributed by atoms with Crippen LogP contribution in [0.1, 0.15) is 49.5 Å². The van der Waals surface area contributed by atoms with Crippen LogP contribution in [0.15, 0.2) is 48.5 Å². The van der Waals surface area contributed by atoms with Crippen LogP contribution in [-0.2, 0) is 9.59 Å². The third-order valence-electron chi connectivity index (χ3n) is 5.52. The minimum Gasteiger partial charge on any atom is -0.321 e. The van der Waals surface area contributed by atoms with Crippen LogP contribution in [0.2, 0.25) is 0 Å². The highest BCUT2D eigenvalue weighted by Gasteiger charge is 2.48. The monoisotopic (exact) mass is 407 g/mol. The van der Waals surface area contributed by atoms with Gasteiger partial charge in [-0.05, 0) is 68.8 Å². The molecule has 1 aliphatic heterocycles. The molecule has 1 atom stereocenters. The van der Waals surface area contributed by atoms with E-state index in [1.807, 2.05) is 26.8 Å². The number of rotatable bonds is 5. The zero-order chi connectivity index (χ0) is 22.1. The first-order chi connectivity index (χ1) is 14.2. The Balaban J connectivity index is 1.98.